The molecule has 0 aliphatic carbocycles. The van der Waals surface area contributed by atoms with E-state index in [9.17, 15) is 0 Å². The van der Waals surface area contributed by atoms with Crippen molar-refractivity contribution in [3.05, 3.63) is 64.4 Å². The van der Waals surface area contributed by atoms with Crippen LogP contribution in [0.3, 0.4) is 0 Å². The molecule has 100 valence electrons. The van der Waals surface area contributed by atoms with Gasteiger partial charge in [0.2, 0.25) is 4.80 Å². The number of halogens is 1. The molecule has 0 spiro atoms. The Balaban J connectivity index is 2.23. The average molecular weight is 302 g/mol. The molecule has 20 heavy (non-hydrogen) atoms. The highest BCUT2D eigenvalue weighted by Crippen LogP contribution is 2.24. The molecule has 0 amide bonds. The topological polar surface area (TPSA) is 30.2 Å². The van der Waals surface area contributed by atoms with Crippen LogP contribution in [0, 0.1) is 0 Å². The van der Waals surface area contributed by atoms with Crippen molar-refractivity contribution in [2.24, 2.45) is 4.99 Å². The van der Waals surface area contributed by atoms with E-state index in [0.29, 0.717) is 5.02 Å². The third kappa shape index (κ3) is 2.53. The number of benzene rings is 2. The molecule has 0 aliphatic rings. The summed E-state index contributed by atoms with van der Waals surface area (Å²) in [6, 6.07) is 17.8. The van der Waals surface area contributed by atoms with Gasteiger partial charge < -0.3 is 0 Å². The quantitative estimate of drug-likeness (QED) is 0.708. The van der Waals surface area contributed by atoms with E-state index in [4.69, 9.17) is 11.6 Å². The Bertz CT molecular complexity index is 790. The van der Waals surface area contributed by atoms with E-state index in [-0.39, 0.29) is 0 Å². The first-order valence-corrected chi connectivity index (χ1v) is 7.27. The lowest BCUT2D eigenvalue weighted by atomic mass is 10.2. The molecule has 0 bridgehead atoms. The summed E-state index contributed by atoms with van der Waals surface area (Å²) in [6.45, 7) is 0. The molecule has 0 aliphatic heterocycles. The van der Waals surface area contributed by atoms with Crippen LogP contribution in [0.15, 0.2) is 59.6 Å². The van der Waals surface area contributed by atoms with Crippen molar-refractivity contribution in [1.29, 1.82) is 0 Å². The standard InChI is InChI=1S/C15H12ClN3S/c1-17-15-18-14(11-6-5-7-12(16)10-11)19(20-15)13-8-3-2-4-9-13/h2-10H,1H3. The minimum atomic E-state index is 0.699. The van der Waals surface area contributed by atoms with Crippen LogP contribution in [0.5, 0.6) is 0 Å². The zero-order valence-electron chi connectivity index (χ0n) is 10.8. The van der Waals surface area contributed by atoms with Crippen molar-refractivity contribution in [2.75, 3.05) is 7.05 Å². The van der Waals surface area contributed by atoms with Gasteiger partial charge in [-0.1, -0.05) is 41.9 Å². The van der Waals surface area contributed by atoms with Crippen LogP contribution in [-0.2, 0) is 0 Å². The predicted molar refractivity (Wildman–Crippen MR) is 83.4 cm³/mol. The molecule has 1 heterocycles. The maximum atomic E-state index is 6.08. The summed E-state index contributed by atoms with van der Waals surface area (Å²) >= 11 is 7.59. The van der Waals surface area contributed by atoms with E-state index in [1.165, 1.54) is 11.5 Å². The lowest BCUT2D eigenvalue weighted by Crippen LogP contribution is -1.96. The summed E-state index contributed by atoms with van der Waals surface area (Å²) < 4.78 is 2.06. The van der Waals surface area contributed by atoms with E-state index in [2.05, 4.69) is 13.9 Å². The number of aromatic nitrogens is 2. The first-order valence-electron chi connectivity index (χ1n) is 6.12. The van der Waals surface area contributed by atoms with Gasteiger partial charge in [0.25, 0.3) is 0 Å². The highest BCUT2D eigenvalue weighted by molar-refractivity contribution is 7.04. The van der Waals surface area contributed by atoms with Crippen LogP contribution >= 0.6 is 23.1 Å². The van der Waals surface area contributed by atoms with Gasteiger partial charge in [-0.3, -0.25) is 4.99 Å². The van der Waals surface area contributed by atoms with E-state index >= 15 is 0 Å². The van der Waals surface area contributed by atoms with Gasteiger partial charge >= 0.3 is 0 Å². The summed E-state index contributed by atoms with van der Waals surface area (Å²) in [5, 5.41) is 0.699. The molecule has 0 atom stereocenters. The predicted octanol–water partition coefficient (Wildman–Crippen LogP) is 3.78. The lowest BCUT2D eigenvalue weighted by Gasteiger charge is -2.06. The van der Waals surface area contributed by atoms with Gasteiger partial charge in [-0.25, -0.2) is 3.96 Å². The Labute approximate surface area is 126 Å². The van der Waals surface area contributed by atoms with Crippen LogP contribution < -0.4 is 4.80 Å². The smallest absolute Gasteiger partial charge is 0.222 e. The van der Waals surface area contributed by atoms with Crippen LogP contribution in [-0.4, -0.2) is 16.0 Å². The molecule has 3 rings (SSSR count). The molecule has 3 nitrogen and oxygen atoms in total. The largest absolute Gasteiger partial charge is 0.260 e. The van der Waals surface area contributed by atoms with Crippen molar-refractivity contribution in [3.8, 4) is 17.1 Å². The number of rotatable bonds is 2. The first kappa shape index (κ1) is 13.1. The summed E-state index contributed by atoms with van der Waals surface area (Å²) in [6.07, 6.45) is 0. The van der Waals surface area contributed by atoms with Gasteiger partial charge in [0.15, 0.2) is 5.82 Å². The van der Waals surface area contributed by atoms with Gasteiger partial charge in [0, 0.05) is 17.6 Å². The third-order valence-electron chi connectivity index (χ3n) is 2.83. The fraction of sp³-hybridized carbons (Fsp3) is 0.0667. The second-order valence-corrected chi connectivity index (χ2v) is 5.52. The highest BCUT2D eigenvalue weighted by atomic mass is 35.5. The Morgan fingerprint density at radius 3 is 2.60 bits per heavy atom. The van der Waals surface area contributed by atoms with Crippen molar-refractivity contribution >= 4 is 23.1 Å². The summed E-state index contributed by atoms with van der Waals surface area (Å²) in [5.74, 6) is 0.851. The minimum Gasteiger partial charge on any atom is -0.260 e. The molecule has 3 aromatic rings. The Morgan fingerprint density at radius 2 is 1.90 bits per heavy atom. The molecule has 0 saturated carbocycles. The van der Waals surface area contributed by atoms with Gasteiger partial charge in [0.05, 0.1) is 5.69 Å². The Hall–Kier alpha value is -1.91. The molecule has 0 radical (unpaired) electrons. The summed E-state index contributed by atoms with van der Waals surface area (Å²) in [4.78, 5) is 9.49. The van der Waals surface area contributed by atoms with Gasteiger partial charge in [-0.2, -0.15) is 4.98 Å². The number of hydrogen-bond donors (Lipinski definition) is 0. The van der Waals surface area contributed by atoms with E-state index in [0.717, 1.165) is 21.9 Å². The number of nitrogens with zero attached hydrogens (tertiary/aromatic N) is 3. The fourth-order valence-corrected chi connectivity index (χ4v) is 2.94. The molecule has 2 aromatic carbocycles. The van der Waals surface area contributed by atoms with Gasteiger partial charge in [-0.15, -0.1) is 0 Å². The van der Waals surface area contributed by atoms with Crippen molar-refractivity contribution in [2.45, 2.75) is 0 Å². The zero-order chi connectivity index (χ0) is 13.9. The number of hydrogen-bond acceptors (Lipinski definition) is 3. The monoisotopic (exact) mass is 301 g/mol. The first-order chi connectivity index (χ1) is 9.78. The SMILES string of the molecule is CN=c1nc(-c2cccc(Cl)c2)n(-c2ccccc2)s1. The Morgan fingerprint density at radius 1 is 1.10 bits per heavy atom. The maximum absolute atomic E-state index is 6.08. The van der Waals surface area contributed by atoms with Crippen LogP contribution in [0.4, 0.5) is 0 Å². The zero-order valence-corrected chi connectivity index (χ0v) is 12.4. The summed E-state index contributed by atoms with van der Waals surface area (Å²) in [5.41, 5.74) is 2.04. The van der Waals surface area contributed by atoms with Crippen LogP contribution in [0.25, 0.3) is 17.1 Å². The lowest BCUT2D eigenvalue weighted by molar-refractivity contribution is 1.12. The van der Waals surface area contributed by atoms with Crippen molar-refractivity contribution in [1.82, 2.24) is 8.94 Å². The fourth-order valence-electron chi connectivity index (χ4n) is 1.92. The van der Waals surface area contributed by atoms with E-state index in [1.54, 1.807) is 7.05 Å². The second-order valence-electron chi connectivity index (χ2n) is 4.17. The van der Waals surface area contributed by atoms with Crippen LogP contribution in [0.1, 0.15) is 0 Å². The van der Waals surface area contributed by atoms with Crippen molar-refractivity contribution < 1.29 is 0 Å². The second kappa shape index (κ2) is 5.61. The van der Waals surface area contributed by atoms with E-state index < -0.39 is 0 Å². The van der Waals surface area contributed by atoms with Crippen molar-refractivity contribution in [3.63, 3.8) is 0 Å². The molecule has 5 heteroatoms. The van der Waals surface area contributed by atoms with Gasteiger partial charge in [-0.05, 0) is 35.8 Å². The molecule has 0 saturated heterocycles. The molecule has 0 fully saturated rings. The minimum absolute atomic E-state index is 0.699. The normalized spacial score (nSPS) is 11.8. The maximum Gasteiger partial charge on any atom is 0.222 e. The highest BCUT2D eigenvalue weighted by Gasteiger charge is 2.10. The van der Waals surface area contributed by atoms with E-state index in [1.807, 2.05) is 54.6 Å². The van der Waals surface area contributed by atoms with Crippen LogP contribution in [0.2, 0.25) is 5.02 Å². The summed E-state index contributed by atoms with van der Waals surface area (Å²) in [7, 11) is 1.75. The molecule has 0 unspecified atom stereocenters. The third-order valence-corrected chi connectivity index (χ3v) is 4.07. The molecule has 0 N–H and O–H groups in total. The molecular formula is C15H12ClN3S. The number of para-hydroxylation sites is 1. The molecule has 1 aromatic heterocycles. The van der Waals surface area contributed by atoms with Gasteiger partial charge in [0.1, 0.15) is 0 Å². The molecular weight excluding hydrogens is 290 g/mol. The average Bonchev–Trinajstić information content (AvgIpc) is 2.92. The Kier molecular flexibility index (Phi) is 3.67.